The minimum absolute atomic E-state index is 0.196. The highest BCUT2D eigenvalue weighted by Gasteiger charge is 2.31. The molecule has 1 aliphatic heterocycles. The molecule has 9 heteroatoms. The molecule has 0 saturated carbocycles. The van der Waals surface area contributed by atoms with Gasteiger partial charge in [0.05, 0.1) is 17.0 Å². The Kier molecular flexibility index (Phi) is 8.14. The van der Waals surface area contributed by atoms with Crippen LogP contribution in [0.2, 0.25) is 0 Å². The number of nitrogens with zero attached hydrogens (tertiary/aromatic N) is 5. The largest absolute Gasteiger partial charge is 0.491 e. The molecule has 0 amide bonds. The molecular formula is C28H38N6O3. The van der Waals surface area contributed by atoms with Gasteiger partial charge in [0, 0.05) is 50.6 Å². The summed E-state index contributed by atoms with van der Waals surface area (Å²) in [5.41, 5.74) is 5.52. The van der Waals surface area contributed by atoms with Crippen molar-refractivity contribution >= 4 is 5.82 Å². The lowest BCUT2D eigenvalue weighted by Crippen LogP contribution is -2.48. The molecule has 1 unspecified atom stereocenters. The molecule has 1 atom stereocenters. The summed E-state index contributed by atoms with van der Waals surface area (Å²) in [6.07, 6.45) is 0.376. The SMILES string of the molecule is C=C(CC1CN(c2nc(-c3cccc(OCC(O)CNC)c3)nc(-c3c(C)noc3C)c2C)C1)N(C)C. The van der Waals surface area contributed by atoms with Crippen LogP contribution in [-0.4, -0.2) is 78.6 Å². The van der Waals surface area contributed by atoms with E-state index in [1.165, 1.54) is 0 Å². The third kappa shape index (κ3) is 5.94. The van der Waals surface area contributed by atoms with Crippen molar-refractivity contribution in [3.05, 3.63) is 53.6 Å². The molecule has 0 radical (unpaired) electrons. The second-order valence-corrected chi connectivity index (χ2v) is 10.0. The Morgan fingerprint density at radius 3 is 2.68 bits per heavy atom. The van der Waals surface area contributed by atoms with Gasteiger partial charge in [0.15, 0.2) is 5.82 Å². The molecule has 9 nitrogen and oxygen atoms in total. The Bertz CT molecular complexity index is 1230. The maximum Gasteiger partial charge on any atom is 0.162 e. The van der Waals surface area contributed by atoms with Gasteiger partial charge >= 0.3 is 0 Å². The van der Waals surface area contributed by atoms with Crippen LogP contribution in [0.3, 0.4) is 0 Å². The molecule has 2 N–H and O–H groups in total. The van der Waals surface area contributed by atoms with Gasteiger partial charge in [-0.15, -0.1) is 0 Å². The predicted molar refractivity (Wildman–Crippen MR) is 146 cm³/mol. The van der Waals surface area contributed by atoms with Crippen LogP contribution in [0, 0.1) is 26.7 Å². The molecule has 1 aliphatic rings. The molecule has 0 aliphatic carbocycles. The fourth-order valence-electron chi connectivity index (χ4n) is 4.61. The summed E-state index contributed by atoms with van der Waals surface area (Å²) in [4.78, 5) is 14.4. The number of nitrogens with one attached hydrogen (secondary N) is 1. The molecule has 4 rings (SSSR count). The van der Waals surface area contributed by atoms with Crippen molar-refractivity contribution in [2.24, 2.45) is 5.92 Å². The monoisotopic (exact) mass is 506 g/mol. The molecule has 1 fully saturated rings. The Morgan fingerprint density at radius 2 is 2.03 bits per heavy atom. The summed E-state index contributed by atoms with van der Waals surface area (Å²) >= 11 is 0. The van der Waals surface area contributed by atoms with Crippen molar-refractivity contribution in [2.75, 3.05) is 52.3 Å². The number of aliphatic hydroxyl groups excluding tert-OH is 1. The summed E-state index contributed by atoms with van der Waals surface area (Å²) in [5, 5.41) is 17.1. The summed E-state index contributed by atoms with van der Waals surface area (Å²) < 4.78 is 11.3. The first-order chi connectivity index (χ1) is 17.7. The Hall–Kier alpha value is -3.43. The number of hydrogen-bond acceptors (Lipinski definition) is 9. The van der Waals surface area contributed by atoms with Gasteiger partial charge in [-0.05, 0) is 52.3 Å². The van der Waals surface area contributed by atoms with Crippen molar-refractivity contribution in [3.8, 4) is 28.4 Å². The van der Waals surface area contributed by atoms with Crippen molar-refractivity contribution in [3.63, 3.8) is 0 Å². The van der Waals surface area contributed by atoms with E-state index in [2.05, 4.69) is 33.8 Å². The van der Waals surface area contributed by atoms with Crippen LogP contribution >= 0.6 is 0 Å². The van der Waals surface area contributed by atoms with Crippen LogP contribution < -0.4 is 15.0 Å². The van der Waals surface area contributed by atoms with E-state index in [0.717, 1.165) is 64.9 Å². The minimum Gasteiger partial charge on any atom is -0.491 e. The lowest BCUT2D eigenvalue weighted by Gasteiger charge is -2.42. The van der Waals surface area contributed by atoms with Gasteiger partial charge in [0.2, 0.25) is 0 Å². The van der Waals surface area contributed by atoms with Crippen LogP contribution in [-0.2, 0) is 0 Å². The minimum atomic E-state index is -0.593. The molecule has 37 heavy (non-hydrogen) atoms. The van der Waals surface area contributed by atoms with Gasteiger partial charge < -0.3 is 29.5 Å². The normalized spacial score (nSPS) is 14.4. The Labute approximate surface area is 219 Å². The highest BCUT2D eigenvalue weighted by Crippen LogP contribution is 2.37. The summed E-state index contributed by atoms with van der Waals surface area (Å²) in [7, 11) is 5.87. The lowest BCUT2D eigenvalue weighted by atomic mass is 9.93. The number of aryl methyl sites for hydroxylation is 2. The van der Waals surface area contributed by atoms with E-state index in [9.17, 15) is 5.11 Å². The highest BCUT2D eigenvalue weighted by atomic mass is 16.5. The molecule has 0 bridgehead atoms. The average molecular weight is 507 g/mol. The molecule has 3 heterocycles. The van der Waals surface area contributed by atoms with Gasteiger partial charge in [-0.1, -0.05) is 23.9 Å². The van der Waals surface area contributed by atoms with Gasteiger partial charge in [0.1, 0.15) is 30.0 Å². The van der Waals surface area contributed by atoms with Gasteiger partial charge in [-0.3, -0.25) is 0 Å². The molecule has 1 aromatic carbocycles. The zero-order valence-corrected chi connectivity index (χ0v) is 22.7. The molecule has 198 valence electrons. The molecular weight excluding hydrogens is 468 g/mol. The zero-order chi connectivity index (χ0) is 26.7. The third-order valence-electron chi connectivity index (χ3n) is 6.78. The van der Waals surface area contributed by atoms with Crippen LogP contribution in [0.1, 0.15) is 23.4 Å². The standard InChI is InChI=1S/C28H38N6O3/c1-17(33(6)7)11-21-14-34(15-21)28-18(2)26(25-19(3)32-37-20(25)4)30-27(31-28)22-9-8-10-24(12-22)36-16-23(35)13-29-5/h8-10,12,21,23,29,35H,1,11,13-16H2,2-7H3. The first-order valence-corrected chi connectivity index (χ1v) is 12.7. The van der Waals surface area contributed by atoms with E-state index in [-0.39, 0.29) is 6.61 Å². The molecule has 2 aromatic heterocycles. The summed E-state index contributed by atoms with van der Waals surface area (Å²) in [6, 6.07) is 7.68. The fourth-order valence-corrected chi connectivity index (χ4v) is 4.61. The number of likely N-dealkylation sites (N-methyl/N-ethyl adjacent to an activating group) is 1. The average Bonchev–Trinajstić information content (AvgIpc) is 3.18. The Morgan fingerprint density at radius 1 is 1.27 bits per heavy atom. The van der Waals surface area contributed by atoms with Crippen LogP contribution in [0.4, 0.5) is 5.82 Å². The molecule has 3 aromatic rings. The molecule has 1 saturated heterocycles. The predicted octanol–water partition coefficient (Wildman–Crippen LogP) is 3.58. The molecule has 0 spiro atoms. The van der Waals surface area contributed by atoms with E-state index >= 15 is 0 Å². The van der Waals surface area contributed by atoms with E-state index in [4.69, 9.17) is 19.2 Å². The maximum atomic E-state index is 10.0. The van der Waals surface area contributed by atoms with E-state index in [0.29, 0.717) is 24.0 Å². The smallest absolute Gasteiger partial charge is 0.162 e. The van der Waals surface area contributed by atoms with Crippen molar-refractivity contribution < 1.29 is 14.4 Å². The van der Waals surface area contributed by atoms with E-state index in [1.54, 1.807) is 7.05 Å². The zero-order valence-electron chi connectivity index (χ0n) is 22.7. The second-order valence-electron chi connectivity index (χ2n) is 10.0. The number of aliphatic hydroxyl groups is 1. The van der Waals surface area contributed by atoms with E-state index in [1.807, 2.05) is 52.2 Å². The highest BCUT2D eigenvalue weighted by molar-refractivity contribution is 5.75. The fraction of sp³-hybridized carbons (Fsp3) is 0.464. The van der Waals surface area contributed by atoms with Crippen molar-refractivity contribution in [1.29, 1.82) is 0 Å². The van der Waals surface area contributed by atoms with E-state index < -0.39 is 6.10 Å². The number of anilines is 1. The van der Waals surface area contributed by atoms with Crippen LogP contribution in [0.25, 0.3) is 22.6 Å². The first kappa shape index (κ1) is 26.6. The van der Waals surface area contributed by atoms with Crippen molar-refractivity contribution in [2.45, 2.75) is 33.3 Å². The quantitative estimate of drug-likeness (QED) is 0.404. The van der Waals surface area contributed by atoms with Crippen LogP contribution in [0.15, 0.2) is 41.1 Å². The number of rotatable bonds is 11. The van der Waals surface area contributed by atoms with Crippen LogP contribution in [0.5, 0.6) is 5.75 Å². The maximum absolute atomic E-state index is 10.0. The van der Waals surface area contributed by atoms with Gasteiger partial charge in [0.25, 0.3) is 0 Å². The number of ether oxygens (including phenoxy) is 1. The number of benzene rings is 1. The van der Waals surface area contributed by atoms with Gasteiger partial charge in [-0.25, -0.2) is 9.97 Å². The Balaban J connectivity index is 1.67. The third-order valence-corrected chi connectivity index (χ3v) is 6.78. The summed E-state index contributed by atoms with van der Waals surface area (Å²) in [6.45, 7) is 12.6. The van der Waals surface area contributed by atoms with Gasteiger partial charge in [-0.2, -0.15) is 0 Å². The number of allylic oxidation sites excluding steroid dienone is 1. The van der Waals surface area contributed by atoms with Crippen molar-refractivity contribution in [1.82, 2.24) is 25.3 Å². The second kappa shape index (κ2) is 11.3. The number of aromatic nitrogens is 3. The topological polar surface area (TPSA) is 99.8 Å². The number of hydrogen-bond donors (Lipinski definition) is 2. The lowest BCUT2D eigenvalue weighted by molar-refractivity contribution is 0.108. The first-order valence-electron chi connectivity index (χ1n) is 12.7. The summed E-state index contributed by atoms with van der Waals surface area (Å²) in [5.74, 6) is 3.45.